The summed E-state index contributed by atoms with van der Waals surface area (Å²) in [5.41, 5.74) is 5.84. The lowest BCUT2D eigenvalue weighted by Gasteiger charge is -2.28. The van der Waals surface area contributed by atoms with Crippen molar-refractivity contribution in [3.63, 3.8) is 0 Å². The molecule has 20 heavy (non-hydrogen) atoms. The molecule has 0 spiro atoms. The van der Waals surface area contributed by atoms with Gasteiger partial charge in [-0.15, -0.1) is 11.3 Å². The number of thiophene rings is 1. The van der Waals surface area contributed by atoms with Gasteiger partial charge < -0.3 is 5.73 Å². The highest BCUT2D eigenvalue weighted by atomic mass is 35.5. The van der Waals surface area contributed by atoms with E-state index < -0.39 is 15.6 Å². The van der Waals surface area contributed by atoms with E-state index in [-0.39, 0.29) is 15.8 Å². The Labute approximate surface area is 133 Å². The minimum atomic E-state index is -3.66. The predicted octanol–water partition coefficient (Wildman–Crippen LogP) is 3.38. The second-order valence-corrected chi connectivity index (χ2v) is 9.31. The molecule has 3 N–H and O–H groups in total. The molecule has 1 aliphatic rings. The van der Waals surface area contributed by atoms with Gasteiger partial charge in [0.2, 0.25) is 10.0 Å². The van der Waals surface area contributed by atoms with Crippen LogP contribution in [0.5, 0.6) is 0 Å². The monoisotopic (exact) mass is 356 g/mol. The van der Waals surface area contributed by atoms with Gasteiger partial charge >= 0.3 is 0 Å². The zero-order chi connectivity index (χ0) is 14.8. The van der Waals surface area contributed by atoms with Crippen LogP contribution >= 0.6 is 34.5 Å². The fourth-order valence-electron chi connectivity index (χ4n) is 2.43. The van der Waals surface area contributed by atoms with Crippen LogP contribution in [0.3, 0.4) is 0 Å². The standard InChI is InChI=1S/C12H18Cl2N2O2S2/c13-10-7-9(11(14)19-10)20(17,18)16-8-12(15)5-3-1-2-4-6-12/h7,16H,1-6,8,15H2. The second kappa shape index (κ2) is 6.50. The first-order valence-electron chi connectivity index (χ1n) is 6.56. The first kappa shape index (κ1) is 16.5. The molecule has 1 aromatic rings. The summed E-state index contributed by atoms with van der Waals surface area (Å²) in [6.07, 6.45) is 6.10. The highest BCUT2D eigenvalue weighted by Gasteiger charge is 2.29. The van der Waals surface area contributed by atoms with Gasteiger partial charge in [-0.2, -0.15) is 0 Å². The lowest BCUT2D eigenvalue weighted by molar-refractivity contribution is 0.369. The lowest BCUT2D eigenvalue weighted by atomic mass is 9.92. The summed E-state index contributed by atoms with van der Waals surface area (Å²) in [5.74, 6) is 0. The highest BCUT2D eigenvalue weighted by molar-refractivity contribution is 7.89. The smallest absolute Gasteiger partial charge is 0.243 e. The van der Waals surface area contributed by atoms with E-state index in [9.17, 15) is 8.42 Å². The van der Waals surface area contributed by atoms with Gasteiger partial charge in [0.1, 0.15) is 9.23 Å². The van der Waals surface area contributed by atoms with Crippen LogP contribution in [0, 0.1) is 0 Å². The molecule has 0 aromatic carbocycles. The number of nitrogens with one attached hydrogen (secondary N) is 1. The van der Waals surface area contributed by atoms with Gasteiger partial charge in [0.05, 0.1) is 4.34 Å². The van der Waals surface area contributed by atoms with E-state index in [2.05, 4.69) is 4.72 Å². The van der Waals surface area contributed by atoms with E-state index in [4.69, 9.17) is 28.9 Å². The fourth-order valence-corrected chi connectivity index (χ4v) is 5.72. The summed E-state index contributed by atoms with van der Waals surface area (Å²) in [5, 5.41) is 0. The molecule has 0 amide bonds. The Kier molecular flexibility index (Phi) is 5.37. The third-order valence-corrected chi connectivity index (χ3v) is 6.78. The minimum Gasteiger partial charge on any atom is -0.324 e. The van der Waals surface area contributed by atoms with Crippen LogP contribution in [0.15, 0.2) is 11.0 Å². The quantitative estimate of drug-likeness (QED) is 0.812. The molecule has 0 radical (unpaired) electrons. The van der Waals surface area contributed by atoms with Crippen molar-refractivity contribution in [2.45, 2.75) is 49.0 Å². The van der Waals surface area contributed by atoms with Crippen molar-refractivity contribution in [1.29, 1.82) is 0 Å². The molecule has 0 unspecified atom stereocenters. The van der Waals surface area contributed by atoms with Gasteiger partial charge in [0.15, 0.2) is 0 Å². The maximum absolute atomic E-state index is 12.2. The summed E-state index contributed by atoms with van der Waals surface area (Å²) < 4.78 is 27.6. The van der Waals surface area contributed by atoms with Gasteiger partial charge in [-0.05, 0) is 18.9 Å². The topological polar surface area (TPSA) is 72.2 Å². The summed E-state index contributed by atoms with van der Waals surface area (Å²) in [6, 6.07) is 1.37. The molecule has 1 heterocycles. The third-order valence-electron chi connectivity index (χ3n) is 3.63. The highest BCUT2D eigenvalue weighted by Crippen LogP contribution is 2.34. The van der Waals surface area contributed by atoms with E-state index in [0.29, 0.717) is 4.34 Å². The zero-order valence-corrected chi connectivity index (χ0v) is 14.1. The van der Waals surface area contributed by atoms with Crippen LogP contribution in [0.1, 0.15) is 38.5 Å². The van der Waals surface area contributed by atoms with E-state index >= 15 is 0 Å². The Morgan fingerprint density at radius 2 is 1.85 bits per heavy atom. The molecule has 8 heteroatoms. The average molecular weight is 357 g/mol. The maximum atomic E-state index is 12.2. The molecule has 4 nitrogen and oxygen atoms in total. The molecular formula is C12H18Cl2N2O2S2. The number of sulfonamides is 1. The summed E-state index contributed by atoms with van der Waals surface area (Å²) in [4.78, 5) is 0.0337. The first-order chi connectivity index (χ1) is 9.32. The number of rotatable bonds is 4. The van der Waals surface area contributed by atoms with Crippen LogP contribution in [0.2, 0.25) is 8.67 Å². The van der Waals surface area contributed by atoms with Crippen molar-refractivity contribution < 1.29 is 8.42 Å². The average Bonchev–Trinajstić information content (AvgIpc) is 2.59. The molecule has 0 atom stereocenters. The largest absolute Gasteiger partial charge is 0.324 e. The third kappa shape index (κ3) is 4.08. The van der Waals surface area contributed by atoms with Crippen LogP contribution < -0.4 is 10.5 Å². The number of hydrogen-bond donors (Lipinski definition) is 2. The van der Waals surface area contributed by atoms with Gasteiger partial charge in [-0.1, -0.05) is 48.9 Å². The van der Waals surface area contributed by atoms with Crippen LogP contribution in [-0.2, 0) is 10.0 Å². The van der Waals surface area contributed by atoms with E-state index in [0.717, 1.165) is 49.9 Å². The summed E-state index contributed by atoms with van der Waals surface area (Å²) in [6.45, 7) is 0.235. The van der Waals surface area contributed by atoms with Crippen molar-refractivity contribution in [3.8, 4) is 0 Å². The molecule has 1 aliphatic carbocycles. The molecule has 2 rings (SSSR count). The summed E-state index contributed by atoms with van der Waals surface area (Å²) in [7, 11) is -3.66. The Bertz CT molecular complexity index is 564. The van der Waals surface area contributed by atoms with E-state index in [1.54, 1.807) is 0 Å². The van der Waals surface area contributed by atoms with E-state index in [1.807, 2.05) is 0 Å². The van der Waals surface area contributed by atoms with E-state index in [1.165, 1.54) is 6.07 Å². The van der Waals surface area contributed by atoms with Crippen LogP contribution in [0.4, 0.5) is 0 Å². The van der Waals surface area contributed by atoms with Gasteiger partial charge in [-0.3, -0.25) is 0 Å². The van der Waals surface area contributed by atoms with Crippen LogP contribution in [0.25, 0.3) is 0 Å². The Morgan fingerprint density at radius 3 is 2.35 bits per heavy atom. The maximum Gasteiger partial charge on any atom is 0.243 e. The Hall–Kier alpha value is 0.150. The van der Waals surface area contributed by atoms with Crippen LogP contribution in [-0.4, -0.2) is 20.5 Å². The van der Waals surface area contributed by atoms with Gasteiger partial charge in [0, 0.05) is 12.1 Å². The molecule has 114 valence electrons. The van der Waals surface area contributed by atoms with Crippen molar-refractivity contribution in [1.82, 2.24) is 4.72 Å². The van der Waals surface area contributed by atoms with Crippen molar-refractivity contribution in [2.24, 2.45) is 5.73 Å². The predicted molar refractivity (Wildman–Crippen MR) is 84.1 cm³/mol. The molecule has 1 saturated carbocycles. The SMILES string of the molecule is NC1(CNS(=O)(=O)c2cc(Cl)sc2Cl)CCCCCC1. The van der Waals surface area contributed by atoms with Crippen molar-refractivity contribution in [3.05, 3.63) is 14.7 Å². The van der Waals surface area contributed by atoms with Crippen molar-refractivity contribution >= 4 is 44.6 Å². The second-order valence-electron chi connectivity index (χ2n) is 5.29. The molecule has 1 fully saturated rings. The van der Waals surface area contributed by atoms with Gasteiger partial charge in [0.25, 0.3) is 0 Å². The Balaban J connectivity index is 2.07. The lowest BCUT2D eigenvalue weighted by Crippen LogP contribution is -2.49. The number of hydrogen-bond acceptors (Lipinski definition) is 4. The molecule has 0 aliphatic heterocycles. The first-order valence-corrected chi connectivity index (χ1v) is 9.61. The molecular weight excluding hydrogens is 339 g/mol. The normalized spacial score (nSPS) is 19.8. The number of nitrogens with two attached hydrogens (primary N) is 1. The Morgan fingerprint density at radius 1 is 1.25 bits per heavy atom. The molecule has 0 bridgehead atoms. The molecule has 0 saturated heterocycles. The van der Waals surface area contributed by atoms with Gasteiger partial charge in [-0.25, -0.2) is 13.1 Å². The number of halogens is 2. The molecule has 1 aromatic heterocycles. The minimum absolute atomic E-state index is 0.0337. The zero-order valence-electron chi connectivity index (χ0n) is 11.0. The van der Waals surface area contributed by atoms with Crippen molar-refractivity contribution in [2.75, 3.05) is 6.54 Å². The summed E-state index contributed by atoms with van der Waals surface area (Å²) >= 11 is 12.7. The fraction of sp³-hybridized carbons (Fsp3) is 0.667.